The number of aliphatic carboxylic acids is 1. The van der Waals surface area contributed by atoms with E-state index in [0.717, 1.165) is 22.6 Å². The number of aliphatic hydroxyl groups excluding tert-OH is 2. The fourth-order valence-electron chi connectivity index (χ4n) is 3.96. The predicted molar refractivity (Wildman–Crippen MR) is 125 cm³/mol. The van der Waals surface area contributed by atoms with Crippen LogP contribution in [-0.2, 0) is 11.3 Å². The Morgan fingerprint density at radius 2 is 1.62 bits per heavy atom. The third-order valence-electron chi connectivity index (χ3n) is 5.50. The van der Waals surface area contributed by atoms with Crippen molar-refractivity contribution in [3.05, 3.63) is 79.3 Å². The summed E-state index contributed by atoms with van der Waals surface area (Å²) in [4.78, 5) is 24.1. The van der Waals surface area contributed by atoms with Crippen LogP contribution in [0.15, 0.2) is 79.3 Å². The third kappa shape index (κ3) is 5.54. The highest BCUT2D eigenvalue weighted by molar-refractivity contribution is 5.80. The molecular formula is C26H25N4O4-. The molecule has 0 fully saturated rings. The van der Waals surface area contributed by atoms with Gasteiger partial charge in [0.25, 0.3) is 0 Å². The fourth-order valence-corrected chi connectivity index (χ4v) is 3.96. The average molecular weight is 458 g/mol. The first-order valence-corrected chi connectivity index (χ1v) is 11.1. The van der Waals surface area contributed by atoms with Crippen LogP contribution in [0.5, 0.6) is 0 Å². The fraction of sp³-hybridized carbons (Fsp3) is 0.231. The van der Waals surface area contributed by atoms with E-state index in [0.29, 0.717) is 24.4 Å². The number of imidazole rings is 1. The SMILES string of the molecule is O=C([O-])C[C@@H](O)C[C@@H](O)CCn1c(-c2ccccc2)nc(-c2ccncn2)c1-c1ccccc1. The normalized spacial score (nSPS) is 12.9. The zero-order valence-electron chi connectivity index (χ0n) is 18.5. The van der Waals surface area contributed by atoms with Gasteiger partial charge in [-0.25, -0.2) is 15.0 Å². The number of hydrogen-bond acceptors (Lipinski definition) is 7. The van der Waals surface area contributed by atoms with Crippen LogP contribution >= 0.6 is 0 Å². The zero-order chi connectivity index (χ0) is 23.9. The molecule has 34 heavy (non-hydrogen) atoms. The first-order chi connectivity index (χ1) is 16.5. The average Bonchev–Trinajstić information content (AvgIpc) is 3.23. The molecule has 0 aliphatic rings. The van der Waals surface area contributed by atoms with E-state index in [1.165, 1.54) is 6.33 Å². The van der Waals surface area contributed by atoms with Gasteiger partial charge in [0.1, 0.15) is 17.8 Å². The Kier molecular flexibility index (Phi) is 7.41. The summed E-state index contributed by atoms with van der Waals surface area (Å²) in [6, 6.07) is 21.4. The van der Waals surface area contributed by atoms with Gasteiger partial charge in [0.05, 0.1) is 23.6 Å². The maximum absolute atomic E-state index is 10.7. The van der Waals surface area contributed by atoms with Crippen LogP contribution < -0.4 is 5.11 Å². The Bertz CT molecular complexity index is 1210. The summed E-state index contributed by atoms with van der Waals surface area (Å²) >= 11 is 0. The highest BCUT2D eigenvalue weighted by Gasteiger charge is 2.23. The van der Waals surface area contributed by atoms with Gasteiger partial charge in [0.2, 0.25) is 0 Å². The summed E-state index contributed by atoms with van der Waals surface area (Å²) < 4.78 is 2.04. The summed E-state index contributed by atoms with van der Waals surface area (Å²) in [5.74, 6) is -0.628. The second kappa shape index (κ2) is 10.8. The maximum atomic E-state index is 10.7. The molecule has 0 bridgehead atoms. The molecule has 0 unspecified atom stereocenters. The number of aliphatic hydroxyl groups is 2. The van der Waals surface area contributed by atoms with Gasteiger partial charge in [-0.2, -0.15) is 0 Å². The van der Waals surface area contributed by atoms with E-state index in [4.69, 9.17) is 4.98 Å². The van der Waals surface area contributed by atoms with Crippen molar-refractivity contribution in [3.8, 4) is 34.0 Å². The van der Waals surface area contributed by atoms with Crippen LogP contribution in [0.4, 0.5) is 0 Å². The smallest absolute Gasteiger partial charge is 0.141 e. The van der Waals surface area contributed by atoms with E-state index in [1.807, 2.05) is 65.2 Å². The molecule has 0 saturated carbocycles. The van der Waals surface area contributed by atoms with Gasteiger partial charge < -0.3 is 24.7 Å². The van der Waals surface area contributed by atoms with E-state index < -0.39 is 24.6 Å². The van der Waals surface area contributed by atoms with Crippen molar-refractivity contribution in [2.75, 3.05) is 0 Å². The highest BCUT2D eigenvalue weighted by Crippen LogP contribution is 2.35. The van der Waals surface area contributed by atoms with Crippen LogP contribution in [0.25, 0.3) is 34.0 Å². The zero-order valence-corrected chi connectivity index (χ0v) is 18.5. The Morgan fingerprint density at radius 1 is 0.941 bits per heavy atom. The van der Waals surface area contributed by atoms with E-state index in [1.54, 1.807) is 12.3 Å². The lowest BCUT2D eigenvalue weighted by Gasteiger charge is -2.18. The molecule has 0 aliphatic heterocycles. The molecule has 174 valence electrons. The molecule has 8 heteroatoms. The second-order valence-electron chi connectivity index (χ2n) is 8.02. The minimum atomic E-state index is -1.35. The summed E-state index contributed by atoms with van der Waals surface area (Å²) in [6.07, 6.45) is 0.818. The molecule has 0 saturated heterocycles. The van der Waals surface area contributed by atoms with Crippen LogP contribution in [0.3, 0.4) is 0 Å². The molecule has 2 aromatic carbocycles. The predicted octanol–water partition coefficient (Wildman–Crippen LogP) is 2.32. The van der Waals surface area contributed by atoms with E-state index >= 15 is 0 Å². The molecule has 2 heterocycles. The summed E-state index contributed by atoms with van der Waals surface area (Å²) in [7, 11) is 0. The molecule has 4 aromatic rings. The van der Waals surface area contributed by atoms with Crippen molar-refractivity contribution in [2.45, 2.75) is 38.0 Å². The molecule has 0 aliphatic carbocycles. The highest BCUT2D eigenvalue weighted by atomic mass is 16.4. The lowest BCUT2D eigenvalue weighted by molar-refractivity contribution is -0.307. The lowest BCUT2D eigenvalue weighted by atomic mass is 10.1. The van der Waals surface area contributed by atoms with Crippen molar-refractivity contribution >= 4 is 5.97 Å². The van der Waals surface area contributed by atoms with Gasteiger partial charge in [-0.15, -0.1) is 0 Å². The Balaban J connectivity index is 1.76. The van der Waals surface area contributed by atoms with Crippen molar-refractivity contribution in [1.29, 1.82) is 0 Å². The van der Waals surface area contributed by atoms with Crippen LogP contribution in [0.2, 0.25) is 0 Å². The molecule has 0 radical (unpaired) electrons. The summed E-state index contributed by atoms with van der Waals surface area (Å²) in [5, 5.41) is 31.1. The number of carbonyl (C=O) groups excluding carboxylic acids is 1. The van der Waals surface area contributed by atoms with E-state index in [-0.39, 0.29) is 6.42 Å². The number of carboxylic acids is 1. The topological polar surface area (TPSA) is 124 Å². The minimum Gasteiger partial charge on any atom is -0.550 e. The Hall–Kier alpha value is -3.88. The maximum Gasteiger partial charge on any atom is 0.141 e. The molecule has 4 rings (SSSR count). The second-order valence-corrected chi connectivity index (χ2v) is 8.02. The van der Waals surface area contributed by atoms with Gasteiger partial charge in [-0.3, -0.25) is 0 Å². The minimum absolute atomic E-state index is 0.0528. The van der Waals surface area contributed by atoms with Gasteiger partial charge in [0.15, 0.2) is 0 Å². The van der Waals surface area contributed by atoms with Crippen molar-refractivity contribution < 1.29 is 20.1 Å². The first-order valence-electron chi connectivity index (χ1n) is 11.1. The number of rotatable bonds is 10. The number of carboxylic acid groups (broad SMARTS) is 1. The van der Waals surface area contributed by atoms with Crippen molar-refractivity contribution in [3.63, 3.8) is 0 Å². The van der Waals surface area contributed by atoms with Crippen LogP contribution in [0, 0.1) is 0 Å². The largest absolute Gasteiger partial charge is 0.550 e. The van der Waals surface area contributed by atoms with Gasteiger partial charge in [-0.05, 0) is 18.9 Å². The number of nitrogens with zero attached hydrogens (tertiary/aromatic N) is 4. The number of carbonyl (C=O) groups is 1. The Morgan fingerprint density at radius 3 is 2.24 bits per heavy atom. The van der Waals surface area contributed by atoms with Gasteiger partial charge >= 0.3 is 0 Å². The lowest BCUT2D eigenvalue weighted by Crippen LogP contribution is -2.29. The first kappa shape index (κ1) is 23.3. The molecular weight excluding hydrogens is 432 g/mol. The van der Waals surface area contributed by atoms with E-state index in [2.05, 4.69) is 9.97 Å². The van der Waals surface area contributed by atoms with Crippen molar-refractivity contribution in [2.24, 2.45) is 0 Å². The number of aromatic nitrogens is 4. The quantitative estimate of drug-likeness (QED) is 0.374. The van der Waals surface area contributed by atoms with Gasteiger partial charge in [-0.1, -0.05) is 60.7 Å². The molecule has 2 aromatic heterocycles. The van der Waals surface area contributed by atoms with Crippen molar-refractivity contribution in [1.82, 2.24) is 19.5 Å². The molecule has 2 atom stereocenters. The number of hydrogen-bond donors (Lipinski definition) is 2. The van der Waals surface area contributed by atoms with Crippen LogP contribution in [-0.4, -0.2) is 47.9 Å². The molecule has 0 amide bonds. The standard InChI is InChI=1S/C26H26N4O4/c31-20(15-21(32)16-23(33)34)12-14-30-25(18-7-3-1-4-8-18)24(22-11-13-27-17-28-22)29-26(30)19-9-5-2-6-10-19/h1-11,13,17,20-21,31-32H,12,14-16H2,(H,33,34)/p-1/t20-,21-/m0/s1. The molecule has 0 spiro atoms. The monoisotopic (exact) mass is 457 g/mol. The molecule has 8 nitrogen and oxygen atoms in total. The number of benzene rings is 2. The molecule has 2 N–H and O–H groups in total. The Labute approximate surface area is 197 Å². The summed E-state index contributed by atoms with van der Waals surface area (Å²) in [6.45, 7) is 0.395. The van der Waals surface area contributed by atoms with E-state index in [9.17, 15) is 20.1 Å². The van der Waals surface area contributed by atoms with Crippen LogP contribution in [0.1, 0.15) is 19.3 Å². The summed E-state index contributed by atoms with van der Waals surface area (Å²) in [5.41, 5.74) is 4.07. The third-order valence-corrected chi connectivity index (χ3v) is 5.50. The van der Waals surface area contributed by atoms with Gasteiger partial charge in [0, 0.05) is 36.3 Å².